The summed E-state index contributed by atoms with van der Waals surface area (Å²) in [6.45, 7) is 6.98. The largest absolute Gasteiger partial charge is 0.381 e. The second-order valence-corrected chi connectivity index (χ2v) is 8.12. The minimum atomic E-state index is -0.278. The molecule has 1 unspecified atom stereocenters. The van der Waals surface area contributed by atoms with Gasteiger partial charge in [0.2, 0.25) is 5.91 Å². The Morgan fingerprint density at radius 2 is 2.12 bits per heavy atom. The van der Waals surface area contributed by atoms with E-state index >= 15 is 0 Å². The molecule has 144 valence electrons. The molecule has 0 saturated carbocycles. The highest BCUT2D eigenvalue weighted by atomic mass is 79.9. The molecule has 5 nitrogen and oxygen atoms in total. The summed E-state index contributed by atoms with van der Waals surface area (Å²) in [7, 11) is 2.13. The van der Waals surface area contributed by atoms with Crippen LogP contribution in [0.5, 0.6) is 0 Å². The van der Waals surface area contributed by atoms with Crippen LogP contribution in [0, 0.1) is 11.7 Å². The van der Waals surface area contributed by atoms with Crippen LogP contribution in [-0.4, -0.2) is 80.1 Å². The van der Waals surface area contributed by atoms with Gasteiger partial charge in [0, 0.05) is 62.5 Å². The summed E-state index contributed by atoms with van der Waals surface area (Å²) >= 11 is 3.29. The highest BCUT2D eigenvalue weighted by molar-refractivity contribution is 9.10. The van der Waals surface area contributed by atoms with E-state index in [0.717, 1.165) is 39.1 Å². The second-order valence-electron chi connectivity index (χ2n) is 7.20. The fourth-order valence-electron chi connectivity index (χ4n) is 3.44. The summed E-state index contributed by atoms with van der Waals surface area (Å²) in [5.74, 6) is -0.292. The molecule has 0 aromatic heterocycles. The quantitative estimate of drug-likeness (QED) is 0.696. The molecule has 1 aromatic carbocycles. The number of hydrogen-bond acceptors (Lipinski definition) is 4. The van der Waals surface area contributed by atoms with E-state index in [-0.39, 0.29) is 17.6 Å². The Kier molecular flexibility index (Phi) is 7.03. The molecule has 0 aliphatic carbocycles. The Labute approximate surface area is 163 Å². The third-order valence-corrected chi connectivity index (χ3v) is 5.74. The van der Waals surface area contributed by atoms with E-state index < -0.39 is 0 Å². The highest BCUT2D eigenvalue weighted by Gasteiger charge is 2.29. The Bertz CT molecular complexity index is 617. The fourth-order valence-corrected chi connectivity index (χ4v) is 3.78. The van der Waals surface area contributed by atoms with Gasteiger partial charge in [-0.3, -0.25) is 9.69 Å². The maximum atomic E-state index is 14.3. The first-order valence-corrected chi connectivity index (χ1v) is 10.0. The summed E-state index contributed by atoms with van der Waals surface area (Å²) < 4.78 is 20.4. The van der Waals surface area contributed by atoms with Crippen molar-refractivity contribution in [1.29, 1.82) is 0 Å². The zero-order chi connectivity index (χ0) is 18.5. The molecule has 1 amide bonds. The van der Waals surface area contributed by atoms with Gasteiger partial charge in [-0.05, 0) is 25.6 Å². The van der Waals surface area contributed by atoms with E-state index in [0.29, 0.717) is 36.3 Å². The number of ether oxygens (including phenoxy) is 1. The molecule has 26 heavy (non-hydrogen) atoms. The minimum Gasteiger partial charge on any atom is -0.381 e. The summed E-state index contributed by atoms with van der Waals surface area (Å²) in [5.41, 5.74) is 0.554. The molecule has 0 N–H and O–H groups in total. The summed E-state index contributed by atoms with van der Waals surface area (Å²) in [6, 6.07) is 5.03. The van der Waals surface area contributed by atoms with Crippen LogP contribution >= 0.6 is 15.9 Å². The van der Waals surface area contributed by atoms with Gasteiger partial charge in [0.25, 0.3) is 0 Å². The van der Waals surface area contributed by atoms with Crippen molar-refractivity contribution in [2.45, 2.75) is 13.0 Å². The molecule has 7 heteroatoms. The minimum absolute atomic E-state index is 0.0824. The predicted octanol–water partition coefficient (Wildman–Crippen LogP) is 2.20. The lowest BCUT2D eigenvalue weighted by molar-refractivity contribution is -0.136. The number of hydrogen-bond donors (Lipinski definition) is 0. The number of benzene rings is 1. The van der Waals surface area contributed by atoms with Crippen LogP contribution < -0.4 is 0 Å². The maximum Gasteiger partial charge on any atom is 0.228 e. The summed E-state index contributed by atoms with van der Waals surface area (Å²) in [4.78, 5) is 19.4. The van der Waals surface area contributed by atoms with E-state index in [9.17, 15) is 9.18 Å². The molecular formula is C19H27BrFN3O2. The number of likely N-dealkylation sites (N-methyl/N-ethyl adjacent to an activating group) is 1. The number of carbonyl (C=O) groups is 1. The van der Waals surface area contributed by atoms with Crippen LogP contribution in [0.15, 0.2) is 22.7 Å². The van der Waals surface area contributed by atoms with Crippen molar-refractivity contribution in [3.8, 4) is 0 Å². The lowest BCUT2D eigenvalue weighted by atomic mass is 10.1. The van der Waals surface area contributed by atoms with Crippen molar-refractivity contribution in [2.24, 2.45) is 5.92 Å². The average Bonchev–Trinajstić information content (AvgIpc) is 3.16. The topological polar surface area (TPSA) is 36.0 Å². The molecule has 2 aliphatic heterocycles. The van der Waals surface area contributed by atoms with E-state index in [1.54, 1.807) is 6.07 Å². The van der Waals surface area contributed by atoms with Crippen LogP contribution in [0.25, 0.3) is 0 Å². The Morgan fingerprint density at radius 1 is 1.35 bits per heavy atom. The first-order valence-electron chi connectivity index (χ1n) is 9.24. The maximum absolute atomic E-state index is 14.3. The van der Waals surface area contributed by atoms with Crippen molar-refractivity contribution in [1.82, 2.24) is 14.7 Å². The van der Waals surface area contributed by atoms with Gasteiger partial charge in [-0.25, -0.2) is 4.39 Å². The van der Waals surface area contributed by atoms with Gasteiger partial charge < -0.3 is 14.5 Å². The zero-order valence-corrected chi connectivity index (χ0v) is 16.9. The first-order chi connectivity index (χ1) is 12.5. The van der Waals surface area contributed by atoms with E-state index in [1.807, 2.05) is 11.0 Å². The van der Waals surface area contributed by atoms with Gasteiger partial charge in [-0.2, -0.15) is 0 Å². The number of halogens is 2. The zero-order valence-electron chi connectivity index (χ0n) is 15.3. The molecule has 0 radical (unpaired) electrons. The second kappa shape index (κ2) is 9.26. The smallest absolute Gasteiger partial charge is 0.228 e. The Morgan fingerprint density at radius 3 is 2.77 bits per heavy atom. The monoisotopic (exact) mass is 427 g/mol. The molecule has 1 aromatic rings. The van der Waals surface area contributed by atoms with Crippen molar-refractivity contribution < 1.29 is 13.9 Å². The molecule has 2 saturated heterocycles. The highest BCUT2D eigenvalue weighted by Crippen LogP contribution is 2.20. The molecule has 3 rings (SSSR count). The normalized spacial score (nSPS) is 21.9. The molecule has 0 bridgehead atoms. The van der Waals surface area contributed by atoms with Crippen LogP contribution in [0.3, 0.4) is 0 Å². The van der Waals surface area contributed by atoms with Crippen LogP contribution in [0.2, 0.25) is 0 Å². The number of piperazine rings is 1. The molecule has 2 aliphatic rings. The number of amides is 1. The van der Waals surface area contributed by atoms with Crippen molar-refractivity contribution in [2.75, 3.05) is 59.5 Å². The van der Waals surface area contributed by atoms with E-state index in [1.165, 1.54) is 6.07 Å². The van der Waals surface area contributed by atoms with Crippen LogP contribution in [0.1, 0.15) is 12.0 Å². The molecule has 1 atom stereocenters. The van der Waals surface area contributed by atoms with E-state index in [2.05, 4.69) is 32.8 Å². The lowest BCUT2D eigenvalue weighted by Crippen LogP contribution is -2.48. The number of rotatable bonds is 6. The van der Waals surface area contributed by atoms with Crippen molar-refractivity contribution in [3.05, 3.63) is 34.1 Å². The van der Waals surface area contributed by atoms with Crippen molar-refractivity contribution >= 4 is 21.8 Å². The summed E-state index contributed by atoms with van der Waals surface area (Å²) in [6.07, 6.45) is 0.757. The molecule has 2 heterocycles. The average molecular weight is 428 g/mol. The Balaban J connectivity index is 1.65. The number of nitrogens with zero attached hydrogens (tertiary/aromatic N) is 3. The molecule has 0 spiro atoms. The predicted molar refractivity (Wildman–Crippen MR) is 102 cm³/mol. The van der Waals surface area contributed by atoms with Crippen molar-refractivity contribution in [3.63, 3.8) is 0 Å². The standard InChI is InChI=1S/C19H27BrFN3O2/c1-22-5-7-23(8-6-22)9-10-24(19(25)16-4-11-26-14-16)13-15-2-3-17(20)12-18(15)21/h2-3,12,16H,4-11,13-14H2,1H3. The fraction of sp³-hybridized carbons (Fsp3) is 0.632. The van der Waals surface area contributed by atoms with Gasteiger partial charge >= 0.3 is 0 Å². The third kappa shape index (κ3) is 5.25. The number of carbonyl (C=O) groups excluding carboxylic acids is 1. The Hall–Kier alpha value is -1.02. The van der Waals surface area contributed by atoms with Gasteiger partial charge in [0.15, 0.2) is 0 Å². The molecule has 2 fully saturated rings. The lowest BCUT2D eigenvalue weighted by Gasteiger charge is -2.34. The van der Waals surface area contributed by atoms with Gasteiger partial charge in [0.05, 0.1) is 12.5 Å². The molecular weight excluding hydrogens is 401 g/mol. The van der Waals surface area contributed by atoms with E-state index in [4.69, 9.17) is 4.74 Å². The SMILES string of the molecule is CN1CCN(CCN(Cc2ccc(Br)cc2F)C(=O)C2CCOC2)CC1. The van der Waals surface area contributed by atoms with Gasteiger partial charge in [-0.15, -0.1) is 0 Å². The first kappa shape index (κ1) is 19.7. The summed E-state index contributed by atoms with van der Waals surface area (Å²) in [5, 5.41) is 0. The van der Waals surface area contributed by atoms with Crippen LogP contribution in [-0.2, 0) is 16.1 Å². The van der Waals surface area contributed by atoms with Crippen LogP contribution in [0.4, 0.5) is 4.39 Å². The van der Waals surface area contributed by atoms with Gasteiger partial charge in [0.1, 0.15) is 5.82 Å². The van der Waals surface area contributed by atoms with Gasteiger partial charge in [-0.1, -0.05) is 22.0 Å². The third-order valence-electron chi connectivity index (χ3n) is 5.25.